The van der Waals surface area contributed by atoms with E-state index in [2.05, 4.69) is 16.7 Å². The molecular weight excluding hydrogens is 234 g/mol. The summed E-state index contributed by atoms with van der Waals surface area (Å²) in [7, 11) is 1.69. The summed E-state index contributed by atoms with van der Waals surface area (Å²) in [4.78, 5) is 4.47. The maximum Gasteiger partial charge on any atom is 0.128 e. The van der Waals surface area contributed by atoms with Crippen LogP contribution in [0.1, 0.15) is 16.8 Å². The molecule has 0 saturated carbocycles. The largest absolute Gasteiger partial charge is 0.496 e. The number of hydrogen-bond donors (Lipinski definition) is 2. The number of nitrogens with one attached hydrogen (secondary N) is 1. The van der Waals surface area contributed by atoms with Gasteiger partial charge in [0, 0.05) is 41.2 Å². The average Bonchev–Trinajstić information content (AvgIpc) is 2.32. The summed E-state index contributed by atoms with van der Waals surface area (Å²) in [5, 5.41) is 0. The first kappa shape index (κ1) is 14.3. The number of aromatic nitrogens is 1. The second-order valence-corrected chi connectivity index (χ2v) is 4.98. The van der Waals surface area contributed by atoms with E-state index in [1.165, 1.54) is 0 Å². The molecule has 0 aliphatic heterocycles. The molecule has 1 aromatic heterocycles. The highest BCUT2D eigenvalue weighted by atomic mass is 32.2. The van der Waals surface area contributed by atoms with Crippen LogP contribution < -0.4 is 16.0 Å². The third kappa shape index (κ3) is 3.59. The first-order valence-electron chi connectivity index (χ1n) is 5.58. The molecule has 0 amide bonds. The molecular formula is C12H21N3OS. The fraction of sp³-hybridized carbons (Fsp3) is 0.583. The second kappa shape index (κ2) is 6.83. The molecule has 0 fully saturated rings. The maximum absolute atomic E-state index is 5.53. The van der Waals surface area contributed by atoms with E-state index in [0.717, 1.165) is 34.7 Å². The van der Waals surface area contributed by atoms with Crippen LogP contribution >= 0.6 is 11.8 Å². The zero-order valence-corrected chi connectivity index (χ0v) is 11.7. The molecule has 96 valence electrons. The van der Waals surface area contributed by atoms with Crippen LogP contribution in [0.15, 0.2) is 6.20 Å². The highest BCUT2D eigenvalue weighted by molar-refractivity contribution is 7.98. The van der Waals surface area contributed by atoms with Crippen molar-refractivity contribution >= 4 is 11.8 Å². The van der Waals surface area contributed by atoms with Crippen LogP contribution in [-0.4, -0.2) is 30.1 Å². The standard InChI is InChI=1S/C12H21N3OS/c1-8-6-14-11(9(2)12(8)16-3)5-10(15-13)7-17-4/h6,10,15H,5,7,13H2,1-4H3. The van der Waals surface area contributed by atoms with Crippen molar-refractivity contribution in [3.8, 4) is 5.75 Å². The van der Waals surface area contributed by atoms with Crippen molar-refractivity contribution in [1.29, 1.82) is 0 Å². The molecule has 3 N–H and O–H groups in total. The van der Waals surface area contributed by atoms with Gasteiger partial charge in [0.25, 0.3) is 0 Å². The first-order valence-corrected chi connectivity index (χ1v) is 6.97. The summed E-state index contributed by atoms with van der Waals surface area (Å²) in [6, 6.07) is 0.239. The van der Waals surface area contributed by atoms with Crippen LogP contribution in [0.25, 0.3) is 0 Å². The van der Waals surface area contributed by atoms with Crippen molar-refractivity contribution in [3.63, 3.8) is 0 Å². The summed E-state index contributed by atoms with van der Waals surface area (Å²) >= 11 is 1.77. The number of thioether (sulfide) groups is 1. The third-order valence-corrected chi connectivity index (χ3v) is 3.53. The number of methoxy groups -OCH3 is 1. The molecule has 4 nitrogen and oxygen atoms in total. The van der Waals surface area contributed by atoms with Crippen LogP contribution in [0.4, 0.5) is 0 Å². The van der Waals surface area contributed by atoms with Crippen LogP contribution in [0.3, 0.4) is 0 Å². The molecule has 1 unspecified atom stereocenters. The summed E-state index contributed by atoms with van der Waals surface area (Å²) < 4.78 is 5.39. The van der Waals surface area contributed by atoms with Gasteiger partial charge in [-0.05, 0) is 20.1 Å². The van der Waals surface area contributed by atoms with Gasteiger partial charge in [-0.3, -0.25) is 16.3 Å². The van der Waals surface area contributed by atoms with Gasteiger partial charge in [0.1, 0.15) is 5.75 Å². The Morgan fingerprint density at radius 2 is 2.24 bits per heavy atom. The number of rotatable bonds is 6. The molecule has 0 radical (unpaired) electrons. The molecule has 1 aromatic rings. The van der Waals surface area contributed by atoms with Crippen molar-refractivity contribution in [2.24, 2.45) is 5.84 Å². The highest BCUT2D eigenvalue weighted by Gasteiger charge is 2.13. The second-order valence-electron chi connectivity index (χ2n) is 4.07. The Morgan fingerprint density at radius 1 is 1.53 bits per heavy atom. The Labute approximate surface area is 107 Å². The van der Waals surface area contributed by atoms with Gasteiger partial charge in [-0.25, -0.2) is 0 Å². The molecule has 1 rings (SSSR count). The number of hydrazine groups is 1. The fourth-order valence-electron chi connectivity index (χ4n) is 1.88. The van der Waals surface area contributed by atoms with Gasteiger partial charge < -0.3 is 4.74 Å². The quantitative estimate of drug-likeness (QED) is 0.595. The Balaban J connectivity index is 2.91. The highest BCUT2D eigenvalue weighted by Crippen LogP contribution is 2.24. The lowest BCUT2D eigenvalue weighted by molar-refractivity contribution is 0.406. The molecule has 0 bridgehead atoms. The van der Waals surface area contributed by atoms with Gasteiger partial charge in [0.2, 0.25) is 0 Å². The van der Waals surface area contributed by atoms with Crippen LogP contribution in [0, 0.1) is 13.8 Å². The molecule has 0 aliphatic rings. The average molecular weight is 255 g/mol. The molecule has 1 heterocycles. The van der Waals surface area contributed by atoms with Gasteiger partial charge in [0.05, 0.1) is 7.11 Å². The van der Waals surface area contributed by atoms with E-state index in [4.69, 9.17) is 10.6 Å². The third-order valence-electron chi connectivity index (χ3n) is 2.79. The molecule has 17 heavy (non-hydrogen) atoms. The van der Waals surface area contributed by atoms with E-state index in [1.807, 2.05) is 20.0 Å². The van der Waals surface area contributed by atoms with E-state index < -0.39 is 0 Å². The molecule has 0 aromatic carbocycles. The van der Waals surface area contributed by atoms with Gasteiger partial charge in [-0.2, -0.15) is 11.8 Å². The minimum absolute atomic E-state index is 0.239. The van der Waals surface area contributed by atoms with Crippen molar-refractivity contribution < 1.29 is 4.74 Å². The lowest BCUT2D eigenvalue weighted by atomic mass is 10.1. The topological polar surface area (TPSA) is 60.2 Å². The molecule has 0 aliphatic carbocycles. The van der Waals surface area contributed by atoms with Crippen LogP contribution in [0.2, 0.25) is 0 Å². The zero-order chi connectivity index (χ0) is 12.8. The van der Waals surface area contributed by atoms with Crippen molar-refractivity contribution in [2.75, 3.05) is 19.1 Å². The lowest BCUT2D eigenvalue weighted by Crippen LogP contribution is -2.39. The Morgan fingerprint density at radius 3 is 2.76 bits per heavy atom. The molecule has 1 atom stereocenters. The number of ether oxygens (including phenoxy) is 1. The van der Waals surface area contributed by atoms with E-state index in [9.17, 15) is 0 Å². The minimum Gasteiger partial charge on any atom is -0.496 e. The Kier molecular flexibility index (Phi) is 5.74. The molecule has 0 spiro atoms. The van der Waals surface area contributed by atoms with E-state index in [1.54, 1.807) is 18.9 Å². The van der Waals surface area contributed by atoms with E-state index in [0.29, 0.717) is 0 Å². The van der Waals surface area contributed by atoms with Crippen molar-refractivity contribution in [2.45, 2.75) is 26.3 Å². The number of hydrogen-bond acceptors (Lipinski definition) is 5. The van der Waals surface area contributed by atoms with Gasteiger partial charge in [-0.15, -0.1) is 0 Å². The monoisotopic (exact) mass is 255 g/mol. The predicted molar refractivity (Wildman–Crippen MR) is 73.5 cm³/mol. The zero-order valence-electron chi connectivity index (χ0n) is 10.9. The number of pyridine rings is 1. The Bertz CT molecular complexity index is 371. The number of nitrogens with zero attached hydrogens (tertiary/aromatic N) is 1. The van der Waals surface area contributed by atoms with Gasteiger partial charge >= 0.3 is 0 Å². The fourth-order valence-corrected chi connectivity index (χ4v) is 2.49. The summed E-state index contributed by atoms with van der Waals surface area (Å²) in [6.07, 6.45) is 4.74. The molecule has 0 saturated heterocycles. The lowest BCUT2D eigenvalue weighted by Gasteiger charge is -2.17. The SMILES string of the molecule is COc1c(C)cnc(CC(CSC)NN)c1C. The van der Waals surface area contributed by atoms with Crippen molar-refractivity contribution in [1.82, 2.24) is 10.4 Å². The van der Waals surface area contributed by atoms with Crippen molar-refractivity contribution in [3.05, 3.63) is 23.0 Å². The summed E-state index contributed by atoms with van der Waals surface area (Å²) in [6.45, 7) is 4.05. The number of nitrogens with two attached hydrogens (primary N) is 1. The van der Waals surface area contributed by atoms with E-state index >= 15 is 0 Å². The summed E-state index contributed by atoms with van der Waals surface area (Å²) in [5.41, 5.74) is 6.05. The van der Waals surface area contributed by atoms with Gasteiger partial charge in [0.15, 0.2) is 0 Å². The van der Waals surface area contributed by atoms with E-state index in [-0.39, 0.29) is 6.04 Å². The van der Waals surface area contributed by atoms with Gasteiger partial charge in [-0.1, -0.05) is 0 Å². The van der Waals surface area contributed by atoms with Crippen LogP contribution in [-0.2, 0) is 6.42 Å². The minimum atomic E-state index is 0.239. The maximum atomic E-state index is 5.53. The Hall–Kier alpha value is -0.780. The normalized spacial score (nSPS) is 12.5. The predicted octanol–water partition coefficient (Wildman–Crippen LogP) is 1.44. The molecule has 5 heteroatoms. The van der Waals surface area contributed by atoms with Crippen LogP contribution in [0.5, 0.6) is 5.75 Å². The smallest absolute Gasteiger partial charge is 0.128 e. The number of aryl methyl sites for hydroxylation is 1. The first-order chi connectivity index (χ1) is 8.13. The summed E-state index contributed by atoms with van der Waals surface area (Å²) in [5.74, 6) is 7.43.